The van der Waals surface area contributed by atoms with Crippen LogP contribution in [0.2, 0.25) is 0 Å². The molecule has 0 bridgehead atoms. The smallest absolute Gasteiger partial charge is 0.274 e. The number of benzene rings is 1. The van der Waals surface area contributed by atoms with Gasteiger partial charge in [0.15, 0.2) is 5.69 Å². The van der Waals surface area contributed by atoms with E-state index >= 15 is 0 Å². The maximum Gasteiger partial charge on any atom is 0.274 e. The number of carbonyl (C=O) groups is 1. The first-order chi connectivity index (χ1) is 11.2. The zero-order valence-corrected chi connectivity index (χ0v) is 14.8. The van der Waals surface area contributed by atoms with Gasteiger partial charge in [-0.15, -0.1) is 23.7 Å². The molecular formula is C16H18ClN5OS. The van der Waals surface area contributed by atoms with E-state index in [2.05, 4.69) is 20.5 Å². The Kier molecular flexibility index (Phi) is 4.84. The largest absolute Gasteiger partial charge is 0.334 e. The number of amides is 1. The molecule has 0 spiro atoms. The van der Waals surface area contributed by atoms with Crippen LogP contribution in [0.15, 0.2) is 24.3 Å². The second-order valence-corrected chi connectivity index (χ2v) is 6.81. The zero-order chi connectivity index (χ0) is 15.8. The fraction of sp³-hybridized carbons (Fsp3) is 0.312. The minimum absolute atomic E-state index is 0. The lowest BCUT2D eigenvalue weighted by atomic mass is 10.1. The molecule has 2 N–H and O–H groups in total. The second kappa shape index (κ2) is 6.88. The van der Waals surface area contributed by atoms with Gasteiger partial charge in [0.05, 0.1) is 16.8 Å². The van der Waals surface area contributed by atoms with Gasteiger partial charge >= 0.3 is 0 Å². The Balaban J connectivity index is 0.00000169. The van der Waals surface area contributed by atoms with E-state index in [-0.39, 0.29) is 18.3 Å². The first-order valence-electron chi connectivity index (χ1n) is 7.59. The number of hydrogen-bond acceptors (Lipinski definition) is 5. The van der Waals surface area contributed by atoms with Gasteiger partial charge in [0, 0.05) is 37.8 Å². The van der Waals surface area contributed by atoms with Crippen molar-refractivity contribution < 1.29 is 4.79 Å². The minimum Gasteiger partial charge on any atom is -0.334 e. The average molecular weight is 364 g/mol. The third-order valence-corrected chi connectivity index (χ3v) is 5.09. The van der Waals surface area contributed by atoms with Crippen molar-refractivity contribution in [3.63, 3.8) is 0 Å². The van der Waals surface area contributed by atoms with Crippen LogP contribution in [0.3, 0.4) is 0 Å². The molecule has 24 heavy (non-hydrogen) atoms. The Labute approximate surface area is 149 Å². The molecule has 0 saturated carbocycles. The molecule has 1 aliphatic rings. The molecule has 8 heteroatoms. The Hall–Kier alpha value is -1.96. The summed E-state index contributed by atoms with van der Waals surface area (Å²) < 4.78 is 1.14. The summed E-state index contributed by atoms with van der Waals surface area (Å²) in [5, 5.41) is 11.4. The first kappa shape index (κ1) is 16.9. The van der Waals surface area contributed by atoms with E-state index in [0.717, 1.165) is 39.4 Å². The number of nitrogens with one attached hydrogen (secondary N) is 2. The van der Waals surface area contributed by atoms with Gasteiger partial charge < -0.3 is 10.2 Å². The SMILES string of the molecule is CN(Cc1nc2ccccc2s1)C(=O)c1n[nH]c2c1CNCC2.Cl. The zero-order valence-electron chi connectivity index (χ0n) is 13.2. The van der Waals surface area contributed by atoms with Crippen LogP contribution in [-0.2, 0) is 19.5 Å². The summed E-state index contributed by atoms with van der Waals surface area (Å²) in [6.45, 7) is 2.11. The third kappa shape index (κ3) is 3.02. The minimum atomic E-state index is -0.0644. The van der Waals surface area contributed by atoms with Crippen molar-refractivity contribution in [3.05, 3.63) is 46.2 Å². The number of H-pyrrole nitrogens is 1. The molecule has 0 saturated heterocycles. The predicted molar refractivity (Wildman–Crippen MR) is 96.7 cm³/mol. The fourth-order valence-electron chi connectivity index (χ4n) is 2.85. The van der Waals surface area contributed by atoms with E-state index in [4.69, 9.17) is 0 Å². The van der Waals surface area contributed by atoms with E-state index in [1.807, 2.05) is 24.3 Å². The standard InChI is InChI=1S/C16H17N5OS.ClH/c1-21(9-14-18-12-4-2-3-5-13(12)23-14)16(22)15-10-8-17-7-6-11(10)19-20-15;/h2-5,17H,6-9H2,1H3,(H,19,20);1H. The molecule has 0 unspecified atom stereocenters. The number of halogens is 1. The van der Waals surface area contributed by atoms with E-state index in [1.54, 1.807) is 23.3 Å². The number of fused-ring (bicyclic) bond motifs is 2. The van der Waals surface area contributed by atoms with Crippen molar-refractivity contribution >= 4 is 39.9 Å². The summed E-state index contributed by atoms with van der Waals surface area (Å²) >= 11 is 1.62. The Bertz CT molecular complexity index is 841. The molecule has 1 aromatic carbocycles. The average Bonchev–Trinajstić information content (AvgIpc) is 3.17. The summed E-state index contributed by atoms with van der Waals surface area (Å²) in [6, 6.07) is 8.02. The van der Waals surface area contributed by atoms with Gasteiger partial charge in [-0.05, 0) is 12.1 Å². The molecule has 2 aromatic heterocycles. The van der Waals surface area contributed by atoms with Crippen molar-refractivity contribution in [2.75, 3.05) is 13.6 Å². The van der Waals surface area contributed by atoms with E-state index < -0.39 is 0 Å². The Morgan fingerprint density at radius 3 is 3.04 bits per heavy atom. The molecule has 3 heterocycles. The lowest BCUT2D eigenvalue weighted by Crippen LogP contribution is -2.29. The van der Waals surface area contributed by atoms with Gasteiger partial charge in [0.25, 0.3) is 5.91 Å². The maximum atomic E-state index is 12.7. The number of hydrogen-bond donors (Lipinski definition) is 2. The lowest BCUT2D eigenvalue weighted by Gasteiger charge is -2.17. The maximum absolute atomic E-state index is 12.7. The summed E-state index contributed by atoms with van der Waals surface area (Å²) in [5.41, 5.74) is 3.57. The van der Waals surface area contributed by atoms with Crippen molar-refractivity contribution in [2.24, 2.45) is 0 Å². The van der Waals surface area contributed by atoms with Crippen LogP contribution in [0.25, 0.3) is 10.2 Å². The molecule has 0 aliphatic carbocycles. The van der Waals surface area contributed by atoms with Crippen LogP contribution < -0.4 is 5.32 Å². The van der Waals surface area contributed by atoms with Crippen molar-refractivity contribution in [1.29, 1.82) is 0 Å². The number of nitrogens with zero attached hydrogens (tertiary/aromatic N) is 3. The highest BCUT2D eigenvalue weighted by Gasteiger charge is 2.24. The topological polar surface area (TPSA) is 73.9 Å². The van der Waals surface area contributed by atoms with Gasteiger partial charge in [-0.1, -0.05) is 12.1 Å². The van der Waals surface area contributed by atoms with Crippen molar-refractivity contribution in [3.8, 4) is 0 Å². The van der Waals surface area contributed by atoms with E-state index in [9.17, 15) is 4.79 Å². The van der Waals surface area contributed by atoms with Crippen LogP contribution in [-0.4, -0.2) is 39.6 Å². The number of carbonyl (C=O) groups excluding carboxylic acids is 1. The normalized spacial score (nSPS) is 13.4. The number of rotatable bonds is 3. The van der Waals surface area contributed by atoms with Gasteiger partial charge in [0.2, 0.25) is 0 Å². The van der Waals surface area contributed by atoms with Crippen molar-refractivity contribution in [2.45, 2.75) is 19.5 Å². The molecule has 0 atom stereocenters. The predicted octanol–water partition coefficient (Wildman–Crippen LogP) is 2.36. The molecular weight excluding hydrogens is 346 g/mol. The lowest BCUT2D eigenvalue weighted by molar-refractivity contribution is 0.0778. The first-order valence-corrected chi connectivity index (χ1v) is 8.41. The summed E-state index contributed by atoms with van der Waals surface area (Å²) in [4.78, 5) is 19.0. The van der Waals surface area contributed by atoms with Crippen LogP contribution in [0.4, 0.5) is 0 Å². The van der Waals surface area contributed by atoms with Crippen molar-refractivity contribution in [1.82, 2.24) is 25.4 Å². The molecule has 0 fully saturated rings. The van der Waals surface area contributed by atoms with Crippen LogP contribution >= 0.6 is 23.7 Å². The molecule has 0 radical (unpaired) electrons. The number of aromatic amines is 1. The van der Waals surface area contributed by atoms with Gasteiger partial charge in [-0.25, -0.2) is 4.98 Å². The summed E-state index contributed by atoms with van der Waals surface area (Å²) in [7, 11) is 1.80. The van der Waals surface area contributed by atoms with E-state index in [0.29, 0.717) is 18.8 Å². The molecule has 1 amide bonds. The highest BCUT2D eigenvalue weighted by Crippen LogP contribution is 2.23. The third-order valence-electron chi connectivity index (χ3n) is 4.07. The highest BCUT2D eigenvalue weighted by atomic mass is 35.5. The van der Waals surface area contributed by atoms with Crippen LogP contribution in [0, 0.1) is 0 Å². The number of thiazole rings is 1. The number of aromatic nitrogens is 3. The monoisotopic (exact) mass is 363 g/mol. The molecule has 126 valence electrons. The van der Waals surface area contributed by atoms with Gasteiger partial charge in [-0.3, -0.25) is 9.89 Å². The van der Waals surface area contributed by atoms with Crippen LogP contribution in [0.5, 0.6) is 0 Å². The Morgan fingerprint density at radius 1 is 1.38 bits per heavy atom. The highest BCUT2D eigenvalue weighted by molar-refractivity contribution is 7.18. The van der Waals surface area contributed by atoms with Gasteiger partial charge in [0.1, 0.15) is 5.01 Å². The van der Waals surface area contributed by atoms with E-state index in [1.165, 1.54) is 0 Å². The molecule has 3 aromatic rings. The Morgan fingerprint density at radius 2 is 2.21 bits per heavy atom. The number of para-hydroxylation sites is 1. The molecule has 6 nitrogen and oxygen atoms in total. The quantitative estimate of drug-likeness (QED) is 0.749. The molecule has 1 aliphatic heterocycles. The summed E-state index contributed by atoms with van der Waals surface area (Å²) in [5.74, 6) is -0.0644. The fourth-order valence-corrected chi connectivity index (χ4v) is 3.87. The summed E-state index contributed by atoms with van der Waals surface area (Å²) in [6.07, 6.45) is 0.886. The second-order valence-electron chi connectivity index (χ2n) is 5.69. The van der Waals surface area contributed by atoms with Gasteiger partial charge in [-0.2, -0.15) is 5.10 Å². The van der Waals surface area contributed by atoms with Crippen LogP contribution in [0.1, 0.15) is 26.8 Å². The molecule has 4 rings (SSSR count).